The van der Waals surface area contributed by atoms with E-state index in [-0.39, 0.29) is 5.56 Å². The van der Waals surface area contributed by atoms with Gasteiger partial charge in [-0.2, -0.15) is 0 Å². The summed E-state index contributed by atoms with van der Waals surface area (Å²) in [4.78, 5) is 13.3. The van der Waals surface area contributed by atoms with Gasteiger partial charge in [-0.3, -0.25) is 9.20 Å². The Morgan fingerprint density at radius 3 is 2.59 bits per heavy atom. The summed E-state index contributed by atoms with van der Waals surface area (Å²) in [6, 6.07) is 13.7. The monoisotopic (exact) mass is 378 g/mol. The van der Waals surface area contributed by atoms with E-state index < -0.39 is 0 Å². The quantitative estimate of drug-likeness (QED) is 0.494. The summed E-state index contributed by atoms with van der Waals surface area (Å²) in [5, 5.41) is 10.3. The largest absolute Gasteiger partial charge is 0.268 e. The number of fused-ring (bicyclic) bond motifs is 3. The van der Waals surface area contributed by atoms with Gasteiger partial charge in [0.1, 0.15) is 0 Å². The third-order valence-electron chi connectivity index (χ3n) is 4.53. The molecule has 0 aliphatic heterocycles. The number of rotatable bonds is 4. The summed E-state index contributed by atoms with van der Waals surface area (Å²) in [6.07, 6.45) is 0. The lowest BCUT2D eigenvalue weighted by Gasteiger charge is -2.14. The molecule has 2 heterocycles. The van der Waals surface area contributed by atoms with E-state index in [9.17, 15) is 4.79 Å². The predicted molar refractivity (Wildman–Crippen MR) is 111 cm³/mol. The van der Waals surface area contributed by atoms with E-state index in [0.717, 1.165) is 33.2 Å². The van der Waals surface area contributed by atoms with Crippen molar-refractivity contribution in [2.75, 3.05) is 5.75 Å². The highest BCUT2D eigenvalue weighted by molar-refractivity contribution is 7.99. The fraction of sp³-hybridized carbons (Fsp3) is 0.286. The molecule has 0 aliphatic carbocycles. The molecule has 0 saturated carbocycles. The maximum absolute atomic E-state index is 13.3. The van der Waals surface area contributed by atoms with Crippen molar-refractivity contribution in [2.45, 2.75) is 32.9 Å². The van der Waals surface area contributed by atoms with Crippen LogP contribution >= 0.6 is 11.8 Å². The molecule has 0 N–H and O–H groups in total. The zero-order chi connectivity index (χ0) is 19.1. The van der Waals surface area contributed by atoms with Crippen LogP contribution in [0.1, 0.15) is 25.0 Å². The van der Waals surface area contributed by atoms with Crippen molar-refractivity contribution in [2.24, 2.45) is 5.92 Å². The molecule has 0 atom stereocenters. The molecule has 138 valence electrons. The van der Waals surface area contributed by atoms with Gasteiger partial charge >= 0.3 is 0 Å². The van der Waals surface area contributed by atoms with Gasteiger partial charge in [0.15, 0.2) is 5.16 Å². The average molecular weight is 379 g/mol. The van der Waals surface area contributed by atoms with Crippen LogP contribution in [-0.2, 0) is 0 Å². The zero-order valence-corrected chi connectivity index (χ0v) is 16.7. The van der Waals surface area contributed by atoms with Crippen LogP contribution in [0.4, 0.5) is 0 Å². The molecule has 0 bridgehead atoms. The number of nitrogens with zero attached hydrogens (tertiary/aromatic N) is 4. The van der Waals surface area contributed by atoms with E-state index in [1.807, 2.05) is 54.6 Å². The number of aromatic nitrogens is 4. The van der Waals surface area contributed by atoms with E-state index in [1.165, 1.54) is 0 Å². The Labute approximate surface area is 162 Å². The first-order chi connectivity index (χ1) is 13.0. The van der Waals surface area contributed by atoms with Gasteiger partial charge in [-0.25, -0.2) is 4.57 Å². The first-order valence-electron chi connectivity index (χ1n) is 9.06. The van der Waals surface area contributed by atoms with Crippen molar-refractivity contribution in [3.8, 4) is 5.69 Å². The molecule has 0 radical (unpaired) electrons. The van der Waals surface area contributed by atoms with E-state index in [2.05, 4.69) is 30.1 Å². The molecule has 6 heteroatoms. The summed E-state index contributed by atoms with van der Waals surface area (Å²) in [5.41, 5.74) is 3.81. The Balaban J connectivity index is 2.09. The van der Waals surface area contributed by atoms with Crippen LogP contribution < -0.4 is 5.56 Å². The molecule has 0 fully saturated rings. The molecule has 0 spiro atoms. The predicted octanol–water partition coefficient (Wildman–Crippen LogP) is 4.40. The molecule has 4 rings (SSSR count). The van der Waals surface area contributed by atoms with Gasteiger partial charge in [-0.15, -0.1) is 10.2 Å². The molecule has 0 aliphatic rings. The number of para-hydroxylation sites is 1. The second kappa shape index (κ2) is 6.85. The van der Waals surface area contributed by atoms with Gasteiger partial charge in [-0.1, -0.05) is 55.4 Å². The van der Waals surface area contributed by atoms with Crippen LogP contribution in [0.15, 0.2) is 52.4 Å². The minimum atomic E-state index is -0.0714. The van der Waals surface area contributed by atoms with Crippen LogP contribution in [0.3, 0.4) is 0 Å². The Morgan fingerprint density at radius 1 is 1.07 bits per heavy atom. The highest BCUT2D eigenvalue weighted by Gasteiger charge is 2.18. The highest BCUT2D eigenvalue weighted by Crippen LogP contribution is 2.25. The molecule has 27 heavy (non-hydrogen) atoms. The number of hydrogen-bond acceptors (Lipinski definition) is 4. The van der Waals surface area contributed by atoms with Gasteiger partial charge in [0.25, 0.3) is 5.56 Å². The molecule has 2 aromatic carbocycles. The number of aryl methyl sites for hydroxylation is 2. The summed E-state index contributed by atoms with van der Waals surface area (Å²) in [6.45, 7) is 8.43. The molecule has 0 amide bonds. The normalized spacial score (nSPS) is 11.7. The van der Waals surface area contributed by atoms with Crippen LogP contribution in [0, 0.1) is 19.8 Å². The van der Waals surface area contributed by atoms with E-state index >= 15 is 0 Å². The SMILES string of the molecule is Cc1ccc(-n2c(=O)c3ccccc3n3c(SCC(C)C)nnc23)c(C)c1. The summed E-state index contributed by atoms with van der Waals surface area (Å²) in [5.74, 6) is 2.04. The average Bonchev–Trinajstić information content (AvgIpc) is 3.05. The Bertz CT molecular complexity index is 1210. The third-order valence-corrected chi connectivity index (χ3v) is 5.89. The van der Waals surface area contributed by atoms with E-state index in [1.54, 1.807) is 16.3 Å². The van der Waals surface area contributed by atoms with Gasteiger partial charge in [0.2, 0.25) is 5.78 Å². The fourth-order valence-electron chi connectivity index (χ4n) is 3.29. The minimum Gasteiger partial charge on any atom is -0.268 e. The van der Waals surface area contributed by atoms with Crippen LogP contribution in [0.5, 0.6) is 0 Å². The lowest BCUT2D eigenvalue weighted by Crippen LogP contribution is -2.22. The van der Waals surface area contributed by atoms with Crippen LogP contribution in [0.2, 0.25) is 0 Å². The summed E-state index contributed by atoms with van der Waals surface area (Å²) >= 11 is 1.67. The minimum absolute atomic E-state index is 0.0714. The first-order valence-corrected chi connectivity index (χ1v) is 10.0. The van der Waals surface area contributed by atoms with Crippen molar-refractivity contribution in [1.29, 1.82) is 0 Å². The molecule has 2 aromatic heterocycles. The van der Waals surface area contributed by atoms with Crippen molar-refractivity contribution in [3.05, 3.63) is 63.9 Å². The van der Waals surface area contributed by atoms with Crippen molar-refractivity contribution < 1.29 is 0 Å². The van der Waals surface area contributed by atoms with Gasteiger partial charge < -0.3 is 0 Å². The molecular weight excluding hydrogens is 356 g/mol. The molecule has 0 saturated heterocycles. The third kappa shape index (κ3) is 3.04. The molecule has 0 unspecified atom stereocenters. The van der Waals surface area contributed by atoms with Crippen LogP contribution in [0.25, 0.3) is 22.4 Å². The van der Waals surface area contributed by atoms with Crippen LogP contribution in [-0.4, -0.2) is 24.9 Å². The zero-order valence-electron chi connectivity index (χ0n) is 15.9. The van der Waals surface area contributed by atoms with Crippen molar-refractivity contribution in [3.63, 3.8) is 0 Å². The number of hydrogen-bond donors (Lipinski definition) is 0. The van der Waals surface area contributed by atoms with Gasteiger partial charge in [0.05, 0.1) is 16.6 Å². The Kier molecular flexibility index (Phi) is 4.52. The van der Waals surface area contributed by atoms with Gasteiger partial charge in [-0.05, 0) is 43.5 Å². The molecular formula is C21H22N4OS. The van der Waals surface area contributed by atoms with Crippen molar-refractivity contribution >= 4 is 28.4 Å². The van der Waals surface area contributed by atoms with E-state index in [0.29, 0.717) is 17.1 Å². The second-order valence-corrected chi connectivity index (χ2v) is 8.26. The Morgan fingerprint density at radius 2 is 1.85 bits per heavy atom. The lowest BCUT2D eigenvalue weighted by molar-refractivity contribution is 0.747. The first kappa shape index (κ1) is 17.8. The Hall–Kier alpha value is -2.60. The topological polar surface area (TPSA) is 52.2 Å². The summed E-state index contributed by atoms with van der Waals surface area (Å²) < 4.78 is 3.69. The standard InChI is InChI=1S/C21H22N4OS/c1-13(2)12-27-21-23-22-20-24(17-10-9-14(3)11-15(17)4)19(26)16-7-5-6-8-18(16)25(20)21/h5-11,13H,12H2,1-4H3. The van der Waals surface area contributed by atoms with Gasteiger partial charge in [0, 0.05) is 5.75 Å². The highest BCUT2D eigenvalue weighted by atomic mass is 32.2. The van der Waals surface area contributed by atoms with E-state index in [4.69, 9.17) is 0 Å². The molecule has 4 aromatic rings. The number of thioether (sulfide) groups is 1. The maximum Gasteiger partial charge on any atom is 0.267 e. The maximum atomic E-state index is 13.3. The summed E-state index contributed by atoms with van der Waals surface area (Å²) in [7, 11) is 0. The number of benzene rings is 2. The fourth-order valence-corrected chi connectivity index (χ4v) is 4.18. The smallest absolute Gasteiger partial charge is 0.267 e. The van der Waals surface area contributed by atoms with Crippen molar-refractivity contribution in [1.82, 2.24) is 19.2 Å². The lowest BCUT2D eigenvalue weighted by atomic mass is 10.1. The molecule has 5 nitrogen and oxygen atoms in total. The second-order valence-electron chi connectivity index (χ2n) is 7.27.